The van der Waals surface area contributed by atoms with Crippen LogP contribution in [0.15, 0.2) is 75.0 Å². The summed E-state index contributed by atoms with van der Waals surface area (Å²) in [5.74, 6) is -0.0897. The van der Waals surface area contributed by atoms with E-state index in [9.17, 15) is 9.59 Å². The van der Waals surface area contributed by atoms with Gasteiger partial charge in [0.25, 0.3) is 5.91 Å². The lowest BCUT2D eigenvalue weighted by Gasteiger charge is -2.13. The van der Waals surface area contributed by atoms with Gasteiger partial charge in [0.1, 0.15) is 6.61 Å². The second-order valence-electron chi connectivity index (χ2n) is 7.85. The standard InChI is InChI=1S/C27H22BrClN2O5S/c1-3-31-25(32)24(37-27(31)30-20-10-6-17(7-11-20)26(33)34)13-18-12-22(35-2)23(14-21(18)28)36-15-16-4-8-19(29)9-5-16/h4-14H,3,15H2,1-2H3,(H,33,34)/b24-13-,30-27?. The van der Waals surface area contributed by atoms with Gasteiger partial charge in [-0.25, -0.2) is 9.79 Å². The van der Waals surface area contributed by atoms with E-state index in [1.54, 1.807) is 48.4 Å². The first kappa shape index (κ1) is 26.8. The van der Waals surface area contributed by atoms with Crippen molar-refractivity contribution < 1.29 is 24.2 Å². The summed E-state index contributed by atoms with van der Waals surface area (Å²) in [6, 6.07) is 17.2. The highest BCUT2D eigenvalue weighted by molar-refractivity contribution is 9.10. The van der Waals surface area contributed by atoms with Crippen molar-refractivity contribution in [3.63, 3.8) is 0 Å². The van der Waals surface area contributed by atoms with Crippen LogP contribution in [0.5, 0.6) is 11.5 Å². The Kier molecular flexibility index (Phi) is 8.58. The average molecular weight is 602 g/mol. The molecule has 1 N–H and O–H groups in total. The highest BCUT2D eigenvalue weighted by Gasteiger charge is 2.32. The maximum absolute atomic E-state index is 13.1. The van der Waals surface area contributed by atoms with Gasteiger partial charge in [-0.2, -0.15) is 0 Å². The molecule has 4 rings (SSSR count). The van der Waals surface area contributed by atoms with E-state index in [0.717, 1.165) is 15.6 Å². The van der Waals surface area contributed by atoms with Crippen LogP contribution in [0.1, 0.15) is 28.4 Å². The second-order valence-corrected chi connectivity index (χ2v) is 10.1. The van der Waals surface area contributed by atoms with Crippen LogP contribution in [0, 0.1) is 0 Å². The lowest BCUT2D eigenvalue weighted by atomic mass is 10.1. The molecule has 3 aromatic carbocycles. The van der Waals surface area contributed by atoms with Crippen molar-refractivity contribution in [2.45, 2.75) is 13.5 Å². The molecule has 0 atom stereocenters. The first-order chi connectivity index (χ1) is 17.8. The molecule has 0 saturated carbocycles. The number of hydrogen-bond donors (Lipinski definition) is 1. The molecule has 1 aliphatic heterocycles. The molecule has 1 aliphatic rings. The smallest absolute Gasteiger partial charge is 0.335 e. The molecule has 0 aromatic heterocycles. The Morgan fingerprint density at radius 2 is 1.84 bits per heavy atom. The van der Waals surface area contributed by atoms with Crippen LogP contribution in [-0.2, 0) is 11.4 Å². The topological polar surface area (TPSA) is 88.4 Å². The number of aromatic carboxylic acids is 1. The van der Waals surface area contributed by atoms with Crippen molar-refractivity contribution in [1.29, 1.82) is 0 Å². The molecule has 7 nitrogen and oxygen atoms in total. The van der Waals surface area contributed by atoms with Gasteiger partial charge in [0, 0.05) is 16.0 Å². The molecule has 0 radical (unpaired) electrons. The molecule has 0 spiro atoms. The third-order valence-corrected chi connectivity index (χ3v) is 7.37. The fourth-order valence-electron chi connectivity index (χ4n) is 3.48. The van der Waals surface area contributed by atoms with Crippen molar-refractivity contribution in [3.8, 4) is 11.5 Å². The number of thioether (sulfide) groups is 1. The van der Waals surface area contributed by atoms with Crippen molar-refractivity contribution in [2.75, 3.05) is 13.7 Å². The molecule has 1 saturated heterocycles. The summed E-state index contributed by atoms with van der Waals surface area (Å²) in [6.45, 7) is 2.65. The van der Waals surface area contributed by atoms with Gasteiger partial charge in [-0.05, 0) is 84.4 Å². The lowest BCUT2D eigenvalue weighted by Crippen LogP contribution is -2.28. The van der Waals surface area contributed by atoms with E-state index < -0.39 is 5.97 Å². The summed E-state index contributed by atoms with van der Waals surface area (Å²) in [7, 11) is 1.56. The third-order valence-electron chi connectivity index (χ3n) is 5.42. The van der Waals surface area contributed by atoms with E-state index >= 15 is 0 Å². The number of nitrogens with zero attached hydrogens (tertiary/aromatic N) is 2. The van der Waals surface area contributed by atoms with Crippen molar-refractivity contribution in [3.05, 3.63) is 91.8 Å². The third kappa shape index (κ3) is 6.36. The Balaban J connectivity index is 1.57. The number of benzene rings is 3. The van der Waals surface area contributed by atoms with Gasteiger partial charge >= 0.3 is 5.97 Å². The number of carboxylic acid groups (broad SMARTS) is 1. The Hall–Kier alpha value is -3.27. The van der Waals surface area contributed by atoms with Crippen LogP contribution >= 0.6 is 39.3 Å². The van der Waals surface area contributed by atoms with E-state index in [-0.39, 0.29) is 11.5 Å². The number of carbonyl (C=O) groups excluding carboxylic acids is 1. The molecular formula is C27H22BrClN2O5S. The van der Waals surface area contributed by atoms with Gasteiger partial charge in [0.05, 0.1) is 23.3 Å². The Bertz CT molecular complexity index is 1390. The summed E-state index contributed by atoms with van der Waals surface area (Å²) < 4.78 is 12.2. The fourth-order valence-corrected chi connectivity index (χ4v) is 5.09. The molecule has 190 valence electrons. The van der Waals surface area contributed by atoms with E-state index in [1.807, 2.05) is 25.1 Å². The summed E-state index contributed by atoms with van der Waals surface area (Å²) in [5, 5.41) is 10.3. The van der Waals surface area contributed by atoms with Crippen LogP contribution in [0.25, 0.3) is 6.08 Å². The van der Waals surface area contributed by atoms with Crippen LogP contribution in [0.4, 0.5) is 5.69 Å². The quantitative estimate of drug-likeness (QED) is 0.279. The molecular weight excluding hydrogens is 580 g/mol. The predicted molar refractivity (Wildman–Crippen MR) is 150 cm³/mol. The Labute approximate surface area is 231 Å². The van der Waals surface area contributed by atoms with Crippen LogP contribution in [-0.4, -0.2) is 40.7 Å². The number of amides is 1. The molecule has 10 heteroatoms. The van der Waals surface area contributed by atoms with Gasteiger partial charge in [0.2, 0.25) is 0 Å². The lowest BCUT2D eigenvalue weighted by molar-refractivity contribution is -0.122. The summed E-state index contributed by atoms with van der Waals surface area (Å²) in [4.78, 5) is 30.8. The van der Waals surface area contributed by atoms with Gasteiger partial charge in [-0.1, -0.05) is 39.7 Å². The Morgan fingerprint density at radius 3 is 2.46 bits per heavy atom. The van der Waals surface area contributed by atoms with E-state index in [2.05, 4.69) is 20.9 Å². The number of methoxy groups -OCH3 is 1. The number of hydrogen-bond acceptors (Lipinski definition) is 6. The summed E-state index contributed by atoms with van der Waals surface area (Å²) in [6.07, 6.45) is 1.78. The molecule has 3 aromatic rings. The molecule has 0 aliphatic carbocycles. The minimum absolute atomic E-state index is 0.165. The van der Waals surface area contributed by atoms with Crippen LogP contribution in [0.2, 0.25) is 5.02 Å². The zero-order chi connectivity index (χ0) is 26.5. The van der Waals surface area contributed by atoms with Gasteiger partial charge < -0.3 is 14.6 Å². The largest absolute Gasteiger partial charge is 0.493 e. The summed E-state index contributed by atoms with van der Waals surface area (Å²) >= 11 is 10.8. The fraction of sp³-hybridized carbons (Fsp3) is 0.148. The molecule has 1 amide bonds. The zero-order valence-electron chi connectivity index (χ0n) is 19.9. The summed E-state index contributed by atoms with van der Waals surface area (Å²) in [5.41, 5.74) is 2.44. The van der Waals surface area contributed by atoms with E-state index in [4.69, 9.17) is 26.2 Å². The van der Waals surface area contributed by atoms with Crippen LogP contribution < -0.4 is 9.47 Å². The molecule has 1 heterocycles. The average Bonchev–Trinajstić information content (AvgIpc) is 3.18. The number of likely N-dealkylation sites (N-methyl/N-ethyl adjacent to an activating group) is 1. The zero-order valence-corrected chi connectivity index (χ0v) is 23.1. The first-order valence-electron chi connectivity index (χ1n) is 11.2. The predicted octanol–water partition coefficient (Wildman–Crippen LogP) is 7.01. The number of rotatable bonds is 8. The number of amidine groups is 1. The van der Waals surface area contributed by atoms with E-state index in [1.165, 1.54) is 23.9 Å². The second kappa shape index (κ2) is 11.9. The first-order valence-corrected chi connectivity index (χ1v) is 13.2. The number of aliphatic imine (C=N–C) groups is 1. The highest BCUT2D eigenvalue weighted by Crippen LogP contribution is 2.39. The highest BCUT2D eigenvalue weighted by atomic mass is 79.9. The maximum atomic E-state index is 13.1. The van der Waals surface area contributed by atoms with Gasteiger partial charge in [0.15, 0.2) is 16.7 Å². The number of ether oxygens (including phenoxy) is 2. The Morgan fingerprint density at radius 1 is 1.14 bits per heavy atom. The van der Waals surface area contributed by atoms with E-state index in [0.29, 0.717) is 45.4 Å². The molecule has 0 bridgehead atoms. The van der Waals surface area contributed by atoms with Gasteiger partial charge in [-0.15, -0.1) is 0 Å². The number of halogens is 2. The van der Waals surface area contributed by atoms with Crippen molar-refractivity contribution in [1.82, 2.24) is 4.90 Å². The van der Waals surface area contributed by atoms with Crippen LogP contribution in [0.3, 0.4) is 0 Å². The SMILES string of the molecule is CCN1C(=O)/C(=C/c2cc(OC)c(OCc3ccc(Cl)cc3)cc2Br)SC1=Nc1ccc(C(=O)O)cc1. The van der Waals surface area contributed by atoms with Crippen molar-refractivity contribution in [2.24, 2.45) is 4.99 Å². The molecule has 37 heavy (non-hydrogen) atoms. The maximum Gasteiger partial charge on any atom is 0.335 e. The minimum atomic E-state index is -1.01. The number of carbonyl (C=O) groups is 2. The van der Waals surface area contributed by atoms with Gasteiger partial charge in [-0.3, -0.25) is 9.69 Å². The molecule has 1 fully saturated rings. The minimum Gasteiger partial charge on any atom is -0.493 e. The van der Waals surface area contributed by atoms with Crippen molar-refractivity contribution >= 4 is 68.1 Å². The number of carboxylic acids is 1. The monoisotopic (exact) mass is 600 g/mol. The normalized spacial score (nSPS) is 15.5. The molecule has 0 unspecified atom stereocenters.